The predicted molar refractivity (Wildman–Crippen MR) is 128 cm³/mol. The highest BCUT2D eigenvalue weighted by Gasteiger charge is 2.43. The number of hydrogen-bond donors (Lipinski definition) is 1. The second-order valence-electron chi connectivity index (χ2n) is 10.6. The molecular weight excluding hydrogens is 439 g/mol. The maximum atomic E-state index is 14.1. The van der Waals surface area contributed by atoms with Gasteiger partial charge in [0, 0.05) is 11.6 Å². The molecule has 8 heteroatoms. The number of benzene rings is 1. The topological polar surface area (TPSA) is 69.0 Å². The largest absolute Gasteiger partial charge is 0.483 e. The van der Waals surface area contributed by atoms with Gasteiger partial charge in [-0.15, -0.1) is 10.2 Å². The third-order valence-corrected chi connectivity index (χ3v) is 7.95. The third kappa shape index (κ3) is 5.53. The smallest absolute Gasteiger partial charge is 0.233 e. The van der Waals surface area contributed by atoms with Crippen LogP contribution >= 0.6 is 11.8 Å². The van der Waals surface area contributed by atoms with Crippen LogP contribution in [-0.2, 0) is 11.4 Å². The molecule has 6 nitrogen and oxygen atoms in total. The van der Waals surface area contributed by atoms with Gasteiger partial charge >= 0.3 is 0 Å². The first-order valence-corrected chi connectivity index (χ1v) is 12.8. The van der Waals surface area contributed by atoms with Gasteiger partial charge in [0.1, 0.15) is 6.61 Å². The minimum atomic E-state index is -0.396. The number of carbonyl (C=O) groups is 1. The van der Waals surface area contributed by atoms with Crippen LogP contribution in [0.3, 0.4) is 0 Å². The van der Waals surface area contributed by atoms with Crippen molar-refractivity contribution < 1.29 is 13.9 Å². The zero-order chi connectivity index (χ0) is 23.8. The van der Waals surface area contributed by atoms with Gasteiger partial charge in [0.05, 0.1) is 5.25 Å². The molecule has 1 aromatic carbocycles. The molecule has 1 aromatic heterocycles. The summed E-state index contributed by atoms with van der Waals surface area (Å²) in [5, 5.41) is 12.3. The van der Waals surface area contributed by atoms with Crippen LogP contribution in [0.4, 0.5) is 4.39 Å². The van der Waals surface area contributed by atoms with Crippen LogP contribution in [0.1, 0.15) is 72.2 Å². The summed E-state index contributed by atoms with van der Waals surface area (Å²) in [4.78, 5) is 12.7. The molecule has 33 heavy (non-hydrogen) atoms. The summed E-state index contributed by atoms with van der Waals surface area (Å²) >= 11 is 1.42. The lowest BCUT2D eigenvalue weighted by Gasteiger charge is -2.30. The highest BCUT2D eigenvalue weighted by atomic mass is 32.2. The number of rotatable bonds is 8. The lowest BCUT2D eigenvalue weighted by atomic mass is 9.84. The molecule has 0 saturated heterocycles. The van der Waals surface area contributed by atoms with E-state index in [0.29, 0.717) is 16.9 Å². The molecular formula is C25H35FN4O2S. The maximum Gasteiger partial charge on any atom is 0.233 e. The second kappa shape index (κ2) is 9.65. The molecule has 2 aliphatic carbocycles. The van der Waals surface area contributed by atoms with Gasteiger partial charge in [-0.05, 0) is 83.8 Å². The minimum Gasteiger partial charge on any atom is -0.483 e. The van der Waals surface area contributed by atoms with Crippen molar-refractivity contribution in [2.45, 2.75) is 88.9 Å². The number of para-hydroxylation sites is 1. The molecule has 0 aliphatic heterocycles. The summed E-state index contributed by atoms with van der Waals surface area (Å²) in [6.07, 6.45) is 5.16. The van der Waals surface area contributed by atoms with Crippen molar-refractivity contribution >= 4 is 17.7 Å². The Kier molecular flexibility index (Phi) is 7.03. The number of hydrogen-bond acceptors (Lipinski definition) is 5. The second-order valence-corrected chi connectivity index (χ2v) is 11.9. The summed E-state index contributed by atoms with van der Waals surface area (Å²) in [6, 6.07) is 6.58. The van der Waals surface area contributed by atoms with Crippen LogP contribution in [0.15, 0.2) is 29.4 Å². The summed E-state index contributed by atoms with van der Waals surface area (Å²) in [6.45, 7) is 10.2. The van der Waals surface area contributed by atoms with Gasteiger partial charge in [-0.2, -0.15) is 0 Å². The van der Waals surface area contributed by atoms with Crippen molar-refractivity contribution in [3.8, 4) is 5.75 Å². The van der Waals surface area contributed by atoms with Crippen molar-refractivity contribution in [2.24, 2.45) is 17.8 Å². The van der Waals surface area contributed by atoms with Crippen LogP contribution < -0.4 is 10.1 Å². The molecule has 2 fully saturated rings. The molecule has 0 radical (unpaired) electrons. The Hall–Kier alpha value is -2.09. The van der Waals surface area contributed by atoms with Gasteiger partial charge < -0.3 is 10.1 Å². The Balaban J connectivity index is 1.56. The lowest BCUT2D eigenvalue weighted by molar-refractivity contribution is -0.121. The summed E-state index contributed by atoms with van der Waals surface area (Å²) in [5.41, 5.74) is -0.297. The molecule has 180 valence electrons. The van der Waals surface area contributed by atoms with Crippen LogP contribution in [0.25, 0.3) is 0 Å². The third-order valence-electron chi connectivity index (χ3n) is 6.90. The number of amides is 1. The van der Waals surface area contributed by atoms with Gasteiger partial charge in [-0.25, -0.2) is 4.39 Å². The van der Waals surface area contributed by atoms with E-state index in [9.17, 15) is 9.18 Å². The first-order valence-electron chi connectivity index (χ1n) is 11.9. The summed E-state index contributed by atoms with van der Waals surface area (Å²) in [7, 11) is 0. The number of halogens is 1. The number of ether oxygens (including phenoxy) is 1. The average Bonchev–Trinajstić information content (AvgIpc) is 3.47. The standard InChI is InChI=1S/C25H35FN4O2S/c1-15(19-13-17-10-11-18(19)12-17)30-22(14-32-21-9-7-6-8-20(21)26)28-29-24(30)33-16(2)23(31)27-25(3,4)5/h6-9,15-19H,10-14H2,1-5H3,(H,27,31). The molecule has 1 heterocycles. The van der Waals surface area contributed by atoms with Gasteiger partial charge in [0.2, 0.25) is 5.91 Å². The van der Waals surface area contributed by atoms with E-state index in [1.807, 2.05) is 27.7 Å². The average molecular weight is 475 g/mol. The van der Waals surface area contributed by atoms with Gasteiger partial charge in [-0.1, -0.05) is 30.3 Å². The number of carbonyl (C=O) groups excluding carboxylic acids is 1. The van der Waals surface area contributed by atoms with Crippen molar-refractivity contribution in [1.82, 2.24) is 20.1 Å². The molecule has 5 unspecified atom stereocenters. The summed E-state index contributed by atoms with van der Waals surface area (Å²) in [5.74, 6) is 2.55. The van der Waals surface area contributed by atoms with E-state index < -0.39 is 5.82 Å². The first-order chi connectivity index (χ1) is 15.6. The molecule has 1 amide bonds. The van der Waals surface area contributed by atoms with Crippen molar-refractivity contribution in [3.05, 3.63) is 35.9 Å². The zero-order valence-electron chi connectivity index (χ0n) is 20.2. The van der Waals surface area contributed by atoms with E-state index in [0.717, 1.165) is 11.8 Å². The van der Waals surface area contributed by atoms with Gasteiger partial charge in [0.15, 0.2) is 22.5 Å². The van der Waals surface area contributed by atoms with E-state index in [2.05, 4.69) is 27.0 Å². The lowest BCUT2D eigenvalue weighted by Crippen LogP contribution is -2.44. The van der Waals surface area contributed by atoms with Crippen LogP contribution in [0.5, 0.6) is 5.75 Å². The number of nitrogens with one attached hydrogen (secondary N) is 1. The number of fused-ring (bicyclic) bond motifs is 2. The van der Waals surface area contributed by atoms with Crippen molar-refractivity contribution in [3.63, 3.8) is 0 Å². The van der Waals surface area contributed by atoms with E-state index in [1.54, 1.807) is 18.2 Å². The normalized spacial score (nSPS) is 24.0. The molecule has 2 aromatic rings. The Morgan fingerprint density at radius 3 is 2.64 bits per heavy atom. The van der Waals surface area contributed by atoms with Crippen molar-refractivity contribution in [1.29, 1.82) is 0 Å². The van der Waals surface area contributed by atoms with E-state index in [1.165, 1.54) is 43.5 Å². The van der Waals surface area contributed by atoms with Crippen molar-refractivity contribution in [2.75, 3.05) is 0 Å². The maximum absolute atomic E-state index is 14.1. The molecule has 1 N–H and O–H groups in total. The van der Waals surface area contributed by atoms with Gasteiger partial charge in [-0.3, -0.25) is 9.36 Å². The van der Waals surface area contributed by atoms with Crippen LogP contribution in [-0.4, -0.2) is 31.5 Å². The monoisotopic (exact) mass is 474 g/mol. The Morgan fingerprint density at radius 2 is 2.00 bits per heavy atom. The fourth-order valence-electron chi connectivity index (χ4n) is 5.36. The molecule has 2 saturated carbocycles. The quantitative estimate of drug-likeness (QED) is 0.520. The minimum absolute atomic E-state index is 0.0289. The highest BCUT2D eigenvalue weighted by molar-refractivity contribution is 8.00. The molecule has 5 atom stereocenters. The highest BCUT2D eigenvalue weighted by Crippen LogP contribution is 2.52. The predicted octanol–water partition coefficient (Wildman–Crippen LogP) is 5.39. The SMILES string of the molecule is CC(Sc1nnc(COc2ccccc2F)n1C(C)C1CC2CCC1C2)C(=O)NC(C)(C)C. The number of nitrogens with zero attached hydrogens (tertiary/aromatic N) is 3. The van der Waals surface area contributed by atoms with E-state index in [4.69, 9.17) is 4.74 Å². The van der Waals surface area contributed by atoms with Gasteiger partial charge in [0.25, 0.3) is 0 Å². The molecule has 0 spiro atoms. The van der Waals surface area contributed by atoms with E-state index in [-0.39, 0.29) is 35.1 Å². The fourth-order valence-corrected chi connectivity index (χ4v) is 6.31. The molecule has 4 rings (SSSR count). The van der Waals surface area contributed by atoms with Crippen LogP contribution in [0, 0.1) is 23.6 Å². The molecule has 2 bridgehead atoms. The zero-order valence-corrected chi connectivity index (χ0v) is 21.0. The Labute approximate surface area is 200 Å². The molecule has 2 aliphatic rings. The first kappa shape index (κ1) is 24.0. The fraction of sp³-hybridized carbons (Fsp3) is 0.640. The Bertz CT molecular complexity index is 989. The number of thioether (sulfide) groups is 1. The van der Waals surface area contributed by atoms with Crippen LogP contribution in [0.2, 0.25) is 0 Å². The number of aromatic nitrogens is 3. The summed E-state index contributed by atoms with van der Waals surface area (Å²) < 4.78 is 22.0. The Morgan fingerprint density at radius 1 is 1.24 bits per heavy atom. The van der Waals surface area contributed by atoms with E-state index >= 15 is 0 Å².